The molecule has 4 aromatic carbocycles. The van der Waals surface area contributed by atoms with Gasteiger partial charge in [0.25, 0.3) is 5.91 Å². The zero-order valence-corrected chi connectivity index (χ0v) is 24.8. The molecule has 0 spiro atoms. The van der Waals surface area contributed by atoms with Gasteiger partial charge in [0.2, 0.25) is 0 Å². The van der Waals surface area contributed by atoms with E-state index >= 15 is 0 Å². The fourth-order valence-electron chi connectivity index (χ4n) is 4.60. The Kier molecular flexibility index (Phi) is 12.9. The molecule has 0 heterocycles. The first-order valence-corrected chi connectivity index (χ1v) is 14.5. The van der Waals surface area contributed by atoms with Gasteiger partial charge in [0.05, 0.1) is 33.0 Å². The Bertz CT molecular complexity index is 1320. The van der Waals surface area contributed by atoms with E-state index in [4.69, 9.17) is 18.9 Å². The van der Waals surface area contributed by atoms with E-state index in [0.29, 0.717) is 6.61 Å². The Hall–Kier alpha value is -3.85. The fourth-order valence-corrected chi connectivity index (χ4v) is 4.60. The normalized spacial score (nSPS) is 14.0. The van der Waals surface area contributed by atoms with Gasteiger partial charge in [0.15, 0.2) is 6.10 Å². The van der Waals surface area contributed by atoms with Crippen LogP contribution >= 0.6 is 0 Å². The van der Waals surface area contributed by atoms with Crippen LogP contribution in [0.3, 0.4) is 0 Å². The topological polar surface area (TPSA) is 77.5 Å². The summed E-state index contributed by atoms with van der Waals surface area (Å²) >= 11 is 0. The molecule has 7 nitrogen and oxygen atoms in total. The molecule has 4 aromatic rings. The third kappa shape index (κ3) is 10.4. The second-order valence-corrected chi connectivity index (χ2v) is 10.5. The van der Waals surface area contributed by atoms with Crippen molar-refractivity contribution in [1.82, 2.24) is 4.90 Å². The smallest absolute Gasteiger partial charge is 0.254 e. The van der Waals surface area contributed by atoms with Crippen molar-refractivity contribution in [1.29, 1.82) is 0 Å². The van der Waals surface area contributed by atoms with Crippen molar-refractivity contribution in [2.75, 3.05) is 20.7 Å². The van der Waals surface area contributed by atoms with Crippen LogP contribution in [0.4, 0.5) is 0 Å². The minimum Gasteiger partial charge on any atom is -0.388 e. The van der Waals surface area contributed by atoms with E-state index in [1.54, 1.807) is 14.1 Å². The van der Waals surface area contributed by atoms with Crippen LogP contribution in [0.2, 0.25) is 0 Å². The van der Waals surface area contributed by atoms with E-state index in [1.165, 1.54) is 4.90 Å². The lowest BCUT2D eigenvalue weighted by atomic mass is 10.0. The quantitative estimate of drug-likeness (QED) is 0.179. The molecule has 7 heteroatoms. The van der Waals surface area contributed by atoms with Gasteiger partial charge in [-0.15, -0.1) is 0 Å². The van der Waals surface area contributed by atoms with Gasteiger partial charge >= 0.3 is 0 Å². The number of aliphatic hydroxyl groups excluding tert-OH is 1. The largest absolute Gasteiger partial charge is 0.388 e. The first kappa shape index (κ1) is 32.1. The van der Waals surface area contributed by atoms with E-state index in [1.807, 2.05) is 121 Å². The van der Waals surface area contributed by atoms with Crippen molar-refractivity contribution < 1.29 is 28.8 Å². The number of hydrogen-bond donors (Lipinski definition) is 1. The summed E-state index contributed by atoms with van der Waals surface area (Å²) < 4.78 is 25.1. The molecule has 0 aliphatic carbocycles. The SMILES string of the molecule is CN(C)C(=O)[C@H](OCc1ccccc1)[C@H](OCc1ccccc1)[C@H](OCc1ccccc1)[C@H](O)COCc1ccccc1. The molecule has 0 aliphatic rings. The summed E-state index contributed by atoms with van der Waals surface area (Å²) in [4.78, 5) is 15.1. The van der Waals surface area contributed by atoms with E-state index in [-0.39, 0.29) is 32.3 Å². The van der Waals surface area contributed by atoms with Crippen molar-refractivity contribution in [3.63, 3.8) is 0 Å². The molecule has 0 radical (unpaired) electrons. The van der Waals surface area contributed by atoms with Crippen LogP contribution in [0.5, 0.6) is 0 Å². The monoisotopic (exact) mass is 583 g/mol. The highest BCUT2D eigenvalue weighted by atomic mass is 16.6. The number of amides is 1. The lowest BCUT2D eigenvalue weighted by Gasteiger charge is -2.36. The zero-order valence-electron chi connectivity index (χ0n) is 24.8. The van der Waals surface area contributed by atoms with Crippen molar-refractivity contribution in [3.05, 3.63) is 144 Å². The van der Waals surface area contributed by atoms with Gasteiger partial charge in [0.1, 0.15) is 18.3 Å². The fraction of sp³-hybridized carbons (Fsp3) is 0.306. The summed E-state index contributed by atoms with van der Waals surface area (Å²) in [6.45, 7) is 0.876. The number of carbonyl (C=O) groups excluding carboxylic acids is 1. The van der Waals surface area contributed by atoms with Crippen LogP contribution in [0, 0.1) is 0 Å². The first-order valence-electron chi connectivity index (χ1n) is 14.5. The highest BCUT2D eigenvalue weighted by molar-refractivity contribution is 5.81. The van der Waals surface area contributed by atoms with Gasteiger partial charge in [-0.3, -0.25) is 4.79 Å². The Morgan fingerprint density at radius 1 is 0.581 bits per heavy atom. The van der Waals surface area contributed by atoms with Crippen molar-refractivity contribution >= 4 is 5.91 Å². The van der Waals surface area contributed by atoms with Gasteiger partial charge in [-0.25, -0.2) is 0 Å². The summed E-state index contributed by atoms with van der Waals surface area (Å²) in [5.41, 5.74) is 3.74. The standard InChI is InChI=1S/C36H41NO6/c1-37(2)36(39)35(43-26-31-21-13-6-14-22-31)34(42-25-30-19-11-5-12-20-30)33(41-24-29-17-9-4-10-18-29)32(38)27-40-23-28-15-7-3-8-16-28/h3-22,32-35,38H,23-27H2,1-2H3/t32-,33-,34-,35-/m1/s1. The number of carbonyl (C=O) groups is 1. The molecular weight excluding hydrogens is 542 g/mol. The molecule has 0 saturated carbocycles. The molecule has 4 atom stereocenters. The van der Waals surface area contributed by atoms with Crippen molar-refractivity contribution in [2.24, 2.45) is 0 Å². The third-order valence-electron chi connectivity index (χ3n) is 6.93. The summed E-state index contributed by atoms with van der Waals surface area (Å²) in [5.74, 6) is -0.292. The summed E-state index contributed by atoms with van der Waals surface area (Å²) in [6.07, 6.45) is -4.10. The van der Waals surface area contributed by atoms with Gasteiger partial charge in [-0.05, 0) is 22.3 Å². The number of rotatable bonds is 17. The Balaban J connectivity index is 1.62. The van der Waals surface area contributed by atoms with Crippen LogP contribution in [0.25, 0.3) is 0 Å². The molecule has 0 saturated heterocycles. The highest BCUT2D eigenvalue weighted by Gasteiger charge is 2.41. The van der Waals surface area contributed by atoms with E-state index < -0.39 is 24.4 Å². The minimum atomic E-state index is -1.12. The first-order chi connectivity index (χ1) is 21.0. The van der Waals surface area contributed by atoms with Crippen LogP contribution in [-0.4, -0.2) is 61.0 Å². The van der Waals surface area contributed by atoms with Gasteiger partial charge in [-0.2, -0.15) is 0 Å². The number of aliphatic hydroxyl groups is 1. The highest BCUT2D eigenvalue weighted by Crippen LogP contribution is 2.23. The molecule has 0 fully saturated rings. The molecule has 0 unspecified atom stereocenters. The average molecular weight is 584 g/mol. The Labute approximate surface area is 254 Å². The second kappa shape index (κ2) is 17.3. The minimum absolute atomic E-state index is 0.0267. The maximum atomic E-state index is 13.7. The summed E-state index contributed by atoms with van der Waals surface area (Å²) in [7, 11) is 3.35. The third-order valence-corrected chi connectivity index (χ3v) is 6.93. The van der Waals surface area contributed by atoms with Gasteiger partial charge < -0.3 is 29.0 Å². The molecule has 0 aliphatic heterocycles. The molecule has 4 rings (SSSR count). The molecule has 226 valence electrons. The van der Waals surface area contributed by atoms with Gasteiger partial charge in [0, 0.05) is 14.1 Å². The molecule has 43 heavy (non-hydrogen) atoms. The number of ether oxygens (including phenoxy) is 4. The molecule has 1 amide bonds. The predicted octanol–water partition coefficient (Wildman–Crippen LogP) is 5.41. The maximum absolute atomic E-state index is 13.7. The number of nitrogens with zero attached hydrogens (tertiary/aromatic N) is 1. The Morgan fingerprint density at radius 2 is 0.953 bits per heavy atom. The van der Waals surface area contributed by atoms with Crippen LogP contribution in [0.15, 0.2) is 121 Å². The maximum Gasteiger partial charge on any atom is 0.254 e. The van der Waals surface area contributed by atoms with E-state index in [0.717, 1.165) is 22.3 Å². The predicted molar refractivity (Wildman–Crippen MR) is 166 cm³/mol. The van der Waals surface area contributed by atoms with Crippen LogP contribution < -0.4 is 0 Å². The van der Waals surface area contributed by atoms with Crippen LogP contribution in [-0.2, 0) is 50.2 Å². The van der Waals surface area contributed by atoms with Crippen molar-refractivity contribution in [2.45, 2.75) is 50.8 Å². The summed E-state index contributed by atoms with van der Waals surface area (Å²) in [5, 5.41) is 11.6. The zero-order chi connectivity index (χ0) is 30.3. The summed E-state index contributed by atoms with van der Waals surface area (Å²) in [6, 6.07) is 38.8. The number of likely N-dealkylation sites (N-methyl/N-ethyl adjacent to an activating group) is 1. The Morgan fingerprint density at radius 3 is 1.37 bits per heavy atom. The molecule has 1 N–H and O–H groups in total. The molecule has 0 bridgehead atoms. The lowest BCUT2D eigenvalue weighted by Crippen LogP contribution is -2.54. The van der Waals surface area contributed by atoms with E-state index in [9.17, 15) is 9.90 Å². The average Bonchev–Trinajstić information content (AvgIpc) is 3.05. The van der Waals surface area contributed by atoms with Crippen LogP contribution in [0.1, 0.15) is 22.3 Å². The molecule has 0 aromatic heterocycles. The number of benzene rings is 4. The number of hydrogen-bond acceptors (Lipinski definition) is 6. The van der Waals surface area contributed by atoms with Crippen molar-refractivity contribution in [3.8, 4) is 0 Å². The lowest BCUT2D eigenvalue weighted by molar-refractivity contribution is -0.195. The van der Waals surface area contributed by atoms with Gasteiger partial charge in [-0.1, -0.05) is 121 Å². The second-order valence-electron chi connectivity index (χ2n) is 10.5. The molecular formula is C36H41NO6. The van der Waals surface area contributed by atoms with E-state index in [2.05, 4.69) is 0 Å².